The number of hydrogen-bond acceptors (Lipinski definition) is 4. The van der Waals surface area contributed by atoms with E-state index in [0.29, 0.717) is 21.7 Å². The number of primary amides is 1. The summed E-state index contributed by atoms with van der Waals surface area (Å²) in [5, 5.41) is 3.32. The van der Waals surface area contributed by atoms with Crippen molar-refractivity contribution in [1.82, 2.24) is 0 Å². The van der Waals surface area contributed by atoms with E-state index in [-0.39, 0.29) is 11.7 Å². The Kier molecular flexibility index (Phi) is 4.69. The number of carbonyl (C=O) groups is 3. The van der Waals surface area contributed by atoms with Crippen LogP contribution in [0.15, 0.2) is 24.3 Å². The van der Waals surface area contributed by atoms with Crippen molar-refractivity contribution in [3.8, 4) is 0 Å². The number of carbonyl (C=O) groups excluding carboxylic acids is 3. The molecule has 130 valence electrons. The maximum Gasteiger partial charge on any atom is 0.256 e. The summed E-state index contributed by atoms with van der Waals surface area (Å²) in [5.74, 6) is -0.892. The molecule has 4 N–H and O–H groups in total. The smallest absolute Gasteiger partial charge is 0.256 e. The minimum atomic E-state index is -0.515. The van der Waals surface area contributed by atoms with Gasteiger partial charge in [0.2, 0.25) is 0 Å². The maximum absolute atomic E-state index is 12.5. The van der Waals surface area contributed by atoms with Crippen molar-refractivity contribution < 1.29 is 19.3 Å². The van der Waals surface area contributed by atoms with Crippen LogP contribution in [0.4, 0.5) is 5.00 Å². The van der Waals surface area contributed by atoms with Crippen molar-refractivity contribution in [2.45, 2.75) is 19.9 Å². The molecule has 0 aliphatic carbocycles. The molecule has 6 nitrogen and oxygen atoms in total. The van der Waals surface area contributed by atoms with Crippen molar-refractivity contribution in [3.05, 3.63) is 51.4 Å². The fourth-order valence-corrected chi connectivity index (χ4v) is 4.36. The third-order valence-electron chi connectivity index (χ3n) is 4.38. The number of quaternary nitrogens is 1. The van der Waals surface area contributed by atoms with Crippen LogP contribution in [0.3, 0.4) is 0 Å². The monoisotopic (exact) mass is 358 g/mol. The molecule has 2 aromatic rings. The minimum Gasteiger partial charge on any atom is -0.365 e. The average Bonchev–Trinajstić information content (AvgIpc) is 2.91. The largest absolute Gasteiger partial charge is 0.365 e. The number of benzene rings is 1. The Morgan fingerprint density at radius 2 is 1.80 bits per heavy atom. The molecule has 1 aromatic heterocycles. The third kappa shape index (κ3) is 3.47. The lowest BCUT2D eigenvalue weighted by Gasteiger charge is -2.19. The highest BCUT2D eigenvalue weighted by Gasteiger charge is 2.28. The van der Waals surface area contributed by atoms with Gasteiger partial charge in [0.1, 0.15) is 11.5 Å². The number of fused-ring (bicyclic) bond motifs is 1. The van der Waals surface area contributed by atoms with Gasteiger partial charge in [-0.15, -0.1) is 11.3 Å². The van der Waals surface area contributed by atoms with Gasteiger partial charge in [0, 0.05) is 17.5 Å². The second-order valence-electron chi connectivity index (χ2n) is 6.29. The van der Waals surface area contributed by atoms with E-state index in [4.69, 9.17) is 5.73 Å². The zero-order chi connectivity index (χ0) is 18.1. The lowest BCUT2D eigenvalue weighted by molar-refractivity contribution is -0.895. The van der Waals surface area contributed by atoms with Gasteiger partial charge in [-0.3, -0.25) is 14.4 Å². The summed E-state index contributed by atoms with van der Waals surface area (Å²) in [5.41, 5.74) is 7.93. The molecule has 1 aromatic carbocycles. The van der Waals surface area contributed by atoms with E-state index in [2.05, 4.69) is 12.4 Å². The molecule has 0 spiro atoms. The summed E-state index contributed by atoms with van der Waals surface area (Å²) < 4.78 is 0. The molecule has 7 heteroatoms. The van der Waals surface area contributed by atoms with Crippen LogP contribution in [-0.2, 0) is 13.0 Å². The molecule has 0 fully saturated rings. The second kappa shape index (κ2) is 6.78. The van der Waals surface area contributed by atoms with E-state index in [1.54, 1.807) is 24.3 Å². The predicted molar refractivity (Wildman–Crippen MR) is 96.4 cm³/mol. The van der Waals surface area contributed by atoms with Gasteiger partial charge in [-0.1, -0.05) is 12.1 Å². The molecule has 3 rings (SSSR count). The van der Waals surface area contributed by atoms with E-state index in [1.165, 1.54) is 23.2 Å². The van der Waals surface area contributed by atoms with Crippen LogP contribution in [0, 0.1) is 0 Å². The quantitative estimate of drug-likeness (QED) is 0.708. The topological polar surface area (TPSA) is 93.7 Å². The van der Waals surface area contributed by atoms with Crippen LogP contribution in [0.1, 0.15) is 48.4 Å². The van der Waals surface area contributed by atoms with Crippen molar-refractivity contribution in [1.29, 1.82) is 0 Å². The number of ketones is 1. The summed E-state index contributed by atoms with van der Waals surface area (Å²) in [4.78, 5) is 38.2. The number of hydrogen-bond donors (Lipinski definition) is 3. The number of Topliss-reactive ketones (excluding diaryl/α,β-unsaturated/α-hetero) is 1. The number of amides is 2. The zero-order valence-corrected chi connectivity index (χ0v) is 15.0. The van der Waals surface area contributed by atoms with Crippen molar-refractivity contribution in [3.63, 3.8) is 0 Å². The molecule has 2 heterocycles. The van der Waals surface area contributed by atoms with E-state index in [1.807, 2.05) is 0 Å². The molecule has 0 bridgehead atoms. The Bertz CT molecular complexity index is 855. The number of nitrogens with one attached hydrogen (secondary N) is 2. The first kappa shape index (κ1) is 17.3. The van der Waals surface area contributed by atoms with Crippen LogP contribution in [0.25, 0.3) is 0 Å². The Labute approximate surface area is 149 Å². The van der Waals surface area contributed by atoms with Crippen molar-refractivity contribution in [2.75, 3.05) is 18.9 Å². The number of rotatable bonds is 4. The zero-order valence-electron chi connectivity index (χ0n) is 14.1. The Hall–Kier alpha value is -2.51. The van der Waals surface area contributed by atoms with Gasteiger partial charge < -0.3 is 16.0 Å². The van der Waals surface area contributed by atoms with Gasteiger partial charge in [0.15, 0.2) is 5.78 Å². The molecule has 25 heavy (non-hydrogen) atoms. The molecule has 0 saturated heterocycles. The molecule has 0 saturated carbocycles. The fourth-order valence-electron chi connectivity index (χ4n) is 3.00. The maximum atomic E-state index is 12.5. The SMILES string of the molecule is CC(=O)c1ccc(C(=O)Nc2sc3c(c2C(N)=O)CC[NH+](C)C3)cc1. The minimum absolute atomic E-state index is 0.0551. The summed E-state index contributed by atoms with van der Waals surface area (Å²) >= 11 is 1.42. The van der Waals surface area contributed by atoms with Crippen LogP contribution >= 0.6 is 11.3 Å². The second-order valence-corrected chi connectivity index (χ2v) is 7.40. The number of anilines is 1. The van der Waals surface area contributed by atoms with Gasteiger partial charge in [-0.05, 0) is 24.6 Å². The predicted octanol–water partition coefficient (Wildman–Crippen LogP) is 0.873. The van der Waals surface area contributed by atoms with Gasteiger partial charge in [-0.2, -0.15) is 0 Å². The summed E-state index contributed by atoms with van der Waals surface area (Å²) in [7, 11) is 2.10. The Morgan fingerprint density at radius 3 is 2.40 bits per heavy atom. The van der Waals surface area contributed by atoms with Gasteiger partial charge in [0.05, 0.1) is 24.0 Å². The number of nitrogens with two attached hydrogens (primary N) is 1. The molecule has 1 unspecified atom stereocenters. The van der Waals surface area contributed by atoms with Gasteiger partial charge in [-0.25, -0.2) is 0 Å². The first-order chi connectivity index (χ1) is 11.9. The first-order valence-electron chi connectivity index (χ1n) is 8.04. The lowest BCUT2D eigenvalue weighted by Crippen LogP contribution is -3.08. The van der Waals surface area contributed by atoms with E-state index in [9.17, 15) is 14.4 Å². The van der Waals surface area contributed by atoms with Crippen LogP contribution in [0.2, 0.25) is 0 Å². The van der Waals surface area contributed by atoms with E-state index in [0.717, 1.165) is 30.0 Å². The number of thiophene rings is 1. The van der Waals surface area contributed by atoms with E-state index < -0.39 is 5.91 Å². The fraction of sp³-hybridized carbons (Fsp3) is 0.278. The molecular formula is C18H20N3O3S+. The molecule has 1 aliphatic heterocycles. The summed E-state index contributed by atoms with van der Waals surface area (Å²) in [6.07, 6.45) is 0.777. The van der Waals surface area contributed by atoms with Crippen molar-refractivity contribution in [2.24, 2.45) is 5.73 Å². The Balaban J connectivity index is 1.88. The van der Waals surface area contributed by atoms with Crippen LogP contribution in [0.5, 0.6) is 0 Å². The molecule has 1 atom stereocenters. The van der Waals surface area contributed by atoms with Gasteiger partial charge in [0.25, 0.3) is 11.8 Å². The standard InChI is InChI=1S/C18H19N3O3S/c1-10(22)11-3-5-12(6-4-11)17(24)20-18-15(16(19)23)13-7-8-21(2)9-14(13)25-18/h3-6H,7-9H2,1-2H3,(H2,19,23)(H,20,24)/p+1. The lowest BCUT2D eigenvalue weighted by atomic mass is 10.0. The van der Waals surface area contributed by atoms with Crippen LogP contribution in [-0.4, -0.2) is 31.2 Å². The van der Waals surface area contributed by atoms with Gasteiger partial charge >= 0.3 is 0 Å². The average molecular weight is 358 g/mol. The first-order valence-corrected chi connectivity index (χ1v) is 8.86. The molecule has 1 aliphatic rings. The highest BCUT2D eigenvalue weighted by atomic mass is 32.1. The van der Waals surface area contributed by atoms with E-state index >= 15 is 0 Å². The normalized spacial score (nSPS) is 16.2. The Morgan fingerprint density at radius 1 is 1.16 bits per heavy atom. The highest BCUT2D eigenvalue weighted by molar-refractivity contribution is 7.17. The molecule has 0 radical (unpaired) electrons. The number of likely N-dealkylation sites (N-methyl/N-ethyl adjacent to an activating group) is 1. The third-order valence-corrected chi connectivity index (χ3v) is 5.53. The molecule has 2 amide bonds. The van der Waals surface area contributed by atoms with Crippen LogP contribution < -0.4 is 16.0 Å². The van der Waals surface area contributed by atoms with Crippen molar-refractivity contribution >= 4 is 33.9 Å². The summed E-state index contributed by atoms with van der Waals surface area (Å²) in [6.45, 7) is 3.23. The summed E-state index contributed by atoms with van der Waals surface area (Å²) in [6, 6.07) is 6.43. The highest BCUT2D eigenvalue weighted by Crippen LogP contribution is 2.34. The molecular weight excluding hydrogens is 338 g/mol.